The summed E-state index contributed by atoms with van der Waals surface area (Å²) in [5.74, 6) is -0.600. The van der Waals surface area contributed by atoms with E-state index in [-0.39, 0.29) is 17.9 Å². The van der Waals surface area contributed by atoms with Crippen LogP contribution in [0.25, 0.3) is 0 Å². The van der Waals surface area contributed by atoms with Crippen LogP contribution in [-0.2, 0) is 10.3 Å². The molecule has 3 rings (SSSR count). The summed E-state index contributed by atoms with van der Waals surface area (Å²) in [6.45, 7) is 1.65. The molecule has 0 heterocycles. The molecule has 0 bridgehead atoms. The average Bonchev–Trinajstić information content (AvgIpc) is 3.41. The monoisotopic (exact) mass is 357 g/mol. The maximum atomic E-state index is 12.6. The van der Waals surface area contributed by atoms with Gasteiger partial charge in [-0.15, -0.1) is 0 Å². The fourth-order valence-corrected chi connectivity index (χ4v) is 2.65. The van der Waals surface area contributed by atoms with E-state index in [2.05, 4.69) is 10.6 Å². The largest absolute Gasteiger partial charge is 0.349 e. The first-order valence-electron chi connectivity index (χ1n) is 8.14. The molecular weight excluding hydrogens is 338 g/mol. The van der Waals surface area contributed by atoms with E-state index >= 15 is 0 Å². The number of hydrogen-bond donors (Lipinski definition) is 3. The fraction of sp³-hybridized carbons (Fsp3) is 0.263. The summed E-state index contributed by atoms with van der Waals surface area (Å²) in [5.41, 5.74) is 6.53. The molecule has 1 aliphatic carbocycles. The minimum Gasteiger partial charge on any atom is -0.349 e. The zero-order chi connectivity index (χ0) is 18.0. The Labute approximate surface area is 151 Å². The van der Waals surface area contributed by atoms with E-state index in [0.29, 0.717) is 21.8 Å². The van der Waals surface area contributed by atoms with E-state index in [0.717, 1.165) is 12.8 Å². The van der Waals surface area contributed by atoms with Gasteiger partial charge in [0.2, 0.25) is 5.91 Å². The SMILES string of the molecule is CC(N)(C(=O)Nc1ccc(Cl)c(C(=O)NC2CC2)c1)c1ccccc1. The molecule has 6 heteroatoms. The van der Waals surface area contributed by atoms with E-state index in [9.17, 15) is 9.59 Å². The minimum absolute atomic E-state index is 0.229. The highest BCUT2D eigenvalue weighted by molar-refractivity contribution is 6.34. The molecular formula is C19H20ClN3O2. The predicted molar refractivity (Wildman–Crippen MR) is 98.6 cm³/mol. The first-order valence-corrected chi connectivity index (χ1v) is 8.52. The van der Waals surface area contributed by atoms with Crippen LogP contribution >= 0.6 is 11.6 Å². The Morgan fingerprint density at radius 3 is 2.48 bits per heavy atom. The highest BCUT2D eigenvalue weighted by Gasteiger charge is 2.31. The lowest BCUT2D eigenvalue weighted by molar-refractivity contribution is -0.120. The molecule has 2 amide bonds. The summed E-state index contributed by atoms with van der Waals surface area (Å²) in [6, 6.07) is 14.2. The molecule has 1 unspecified atom stereocenters. The van der Waals surface area contributed by atoms with Crippen molar-refractivity contribution in [1.29, 1.82) is 0 Å². The lowest BCUT2D eigenvalue weighted by Crippen LogP contribution is -2.45. The van der Waals surface area contributed by atoms with Crippen LogP contribution in [-0.4, -0.2) is 17.9 Å². The molecule has 0 radical (unpaired) electrons. The normalized spacial score (nSPS) is 16.0. The van der Waals surface area contributed by atoms with E-state index in [1.165, 1.54) is 0 Å². The molecule has 1 aliphatic rings. The molecule has 1 fully saturated rings. The van der Waals surface area contributed by atoms with Crippen LogP contribution in [0.15, 0.2) is 48.5 Å². The number of benzene rings is 2. The first kappa shape index (κ1) is 17.5. The van der Waals surface area contributed by atoms with Gasteiger partial charge in [0, 0.05) is 11.7 Å². The second-order valence-corrected chi connectivity index (χ2v) is 6.87. The lowest BCUT2D eigenvalue weighted by Gasteiger charge is -2.24. The molecule has 0 aromatic heterocycles. The molecule has 130 valence electrons. The summed E-state index contributed by atoms with van der Waals surface area (Å²) >= 11 is 6.12. The molecule has 0 aliphatic heterocycles. The van der Waals surface area contributed by atoms with Crippen molar-refractivity contribution < 1.29 is 9.59 Å². The van der Waals surface area contributed by atoms with Crippen LogP contribution in [0.2, 0.25) is 5.02 Å². The van der Waals surface area contributed by atoms with E-state index < -0.39 is 5.54 Å². The van der Waals surface area contributed by atoms with Crippen molar-refractivity contribution in [2.24, 2.45) is 5.73 Å². The third-order valence-corrected chi connectivity index (χ3v) is 4.56. The van der Waals surface area contributed by atoms with Crippen molar-refractivity contribution in [3.8, 4) is 0 Å². The van der Waals surface area contributed by atoms with Crippen LogP contribution < -0.4 is 16.4 Å². The molecule has 0 spiro atoms. The van der Waals surface area contributed by atoms with Gasteiger partial charge in [0.15, 0.2) is 0 Å². The quantitative estimate of drug-likeness (QED) is 0.769. The van der Waals surface area contributed by atoms with Gasteiger partial charge in [0.25, 0.3) is 5.91 Å². The Kier molecular flexibility index (Phi) is 4.79. The van der Waals surface area contributed by atoms with Gasteiger partial charge in [-0.2, -0.15) is 0 Å². The summed E-state index contributed by atoms with van der Waals surface area (Å²) < 4.78 is 0. The zero-order valence-electron chi connectivity index (χ0n) is 13.9. The molecule has 0 saturated heterocycles. The second kappa shape index (κ2) is 6.86. The third-order valence-electron chi connectivity index (χ3n) is 4.23. The highest BCUT2D eigenvalue weighted by Crippen LogP contribution is 2.25. The van der Waals surface area contributed by atoms with Crippen LogP contribution in [0.4, 0.5) is 5.69 Å². The number of nitrogens with one attached hydrogen (secondary N) is 2. The second-order valence-electron chi connectivity index (χ2n) is 6.46. The zero-order valence-corrected chi connectivity index (χ0v) is 14.6. The number of halogens is 1. The number of hydrogen-bond acceptors (Lipinski definition) is 3. The van der Waals surface area contributed by atoms with Crippen LogP contribution in [0.5, 0.6) is 0 Å². The number of anilines is 1. The number of carbonyl (C=O) groups is 2. The molecule has 5 nitrogen and oxygen atoms in total. The third kappa shape index (κ3) is 4.00. The number of rotatable bonds is 5. The van der Waals surface area contributed by atoms with Crippen molar-refractivity contribution in [1.82, 2.24) is 5.32 Å². The van der Waals surface area contributed by atoms with Crippen molar-refractivity contribution in [3.63, 3.8) is 0 Å². The minimum atomic E-state index is -1.20. The molecule has 2 aromatic rings. The maximum absolute atomic E-state index is 12.6. The van der Waals surface area contributed by atoms with Gasteiger partial charge in [0.05, 0.1) is 10.6 Å². The maximum Gasteiger partial charge on any atom is 0.253 e. The Hall–Kier alpha value is -2.37. The summed E-state index contributed by atoms with van der Waals surface area (Å²) in [5, 5.41) is 6.00. The summed E-state index contributed by atoms with van der Waals surface area (Å²) in [7, 11) is 0. The smallest absolute Gasteiger partial charge is 0.253 e. The topological polar surface area (TPSA) is 84.2 Å². The van der Waals surface area contributed by atoms with Crippen molar-refractivity contribution in [2.45, 2.75) is 31.3 Å². The van der Waals surface area contributed by atoms with Crippen molar-refractivity contribution in [3.05, 3.63) is 64.7 Å². The average molecular weight is 358 g/mol. The Bertz CT molecular complexity index is 802. The molecule has 2 aromatic carbocycles. The van der Waals surface area contributed by atoms with Crippen molar-refractivity contribution >= 4 is 29.1 Å². The Morgan fingerprint density at radius 1 is 1.16 bits per heavy atom. The van der Waals surface area contributed by atoms with Gasteiger partial charge in [0.1, 0.15) is 5.54 Å². The molecule has 4 N–H and O–H groups in total. The van der Waals surface area contributed by atoms with E-state index in [1.807, 2.05) is 18.2 Å². The number of amides is 2. The molecule has 1 atom stereocenters. The van der Waals surface area contributed by atoms with Crippen LogP contribution in [0, 0.1) is 0 Å². The molecule has 1 saturated carbocycles. The first-order chi connectivity index (χ1) is 11.9. The number of carbonyl (C=O) groups excluding carboxylic acids is 2. The summed E-state index contributed by atoms with van der Waals surface area (Å²) in [6.07, 6.45) is 1.98. The van der Waals surface area contributed by atoms with Crippen molar-refractivity contribution in [2.75, 3.05) is 5.32 Å². The van der Waals surface area contributed by atoms with E-state index in [1.54, 1.807) is 37.3 Å². The van der Waals surface area contributed by atoms with Crippen LogP contribution in [0.1, 0.15) is 35.7 Å². The summed E-state index contributed by atoms with van der Waals surface area (Å²) in [4.78, 5) is 24.9. The lowest BCUT2D eigenvalue weighted by atomic mass is 9.92. The van der Waals surface area contributed by atoms with Gasteiger partial charge < -0.3 is 16.4 Å². The highest BCUT2D eigenvalue weighted by atomic mass is 35.5. The van der Waals surface area contributed by atoms with Gasteiger partial charge >= 0.3 is 0 Å². The predicted octanol–water partition coefficient (Wildman–Crippen LogP) is 3.04. The number of nitrogens with two attached hydrogens (primary N) is 1. The van der Waals surface area contributed by atoms with Crippen LogP contribution in [0.3, 0.4) is 0 Å². The van der Waals surface area contributed by atoms with Gasteiger partial charge in [-0.05, 0) is 43.5 Å². The Morgan fingerprint density at radius 2 is 1.84 bits per heavy atom. The standard InChI is InChI=1S/C19H20ClN3O2/c1-19(21,12-5-3-2-4-6-12)18(25)23-14-9-10-16(20)15(11-14)17(24)22-13-7-8-13/h2-6,9-11,13H,7-8,21H2,1H3,(H,22,24)(H,23,25). The van der Waals surface area contributed by atoms with Gasteiger partial charge in [-0.1, -0.05) is 41.9 Å². The molecule has 25 heavy (non-hydrogen) atoms. The fourth-order valence-electron chi connectivity index (χ4n) is 2.44. The van der Waals surface area contributed by atoms with Gasteiger partial charge in [-0.25, -0.2) is 0 Å². The van der Waals surface area contributed by atoms with E-state index in [4.69, 9.17) is 17.3 Å². The van der Waals surface area contributed by atoms with Gasteiger partial charge in [-0.3, -0.25) is 9.59 Å². The Balaban J connectivity index is 1.78.